The first kappa shape index (κ1) is 18.4. The average Bonchev–Trinajstić information content (AvgIpc) is 2.94. The second-order valence-electron chi connectivity index (χ2n) is 6.10. The molecule has 24 heavy (non-hydrogen) atoms. The van der Waals surface area contributed by atoms with Crippen LogP contribution in [-0.2, 0) is 16.0 Å². The molecule has 0 radical (unpaired) electrons. The molecule has 7 nitrogen and oxygen atoms in total. The molecule has 0 aliphatic rings. The van der Waals surface area contributed by atoms with Gasteiger partial charge in [-0.15, -0.1) is 0 Å². The Hall–Kier alpha value is -1.93. The average molecular weight is 397 g/mol. The molecule has 0 spiro atoms. The summed E-state index contributed by atoms with van der Waals surface area (Å²) in [6, 6.07) is 3.55. The summed E-state index contributed by atoms with van der Waals surface area (Å²) in [6.07, 6.45) is 4.47. The first-order valence-corrected chi connectivity index (χ1v) is 8.25. The van der Waals surface area contributed by atoms with E-state index in [1.807, 2.05) is 26.8 Å². The van der Waals surface area contributed by atoms with Gasteiger partial charge in [-0.1, -0.05) is 0 Å². The fourth-order valence-corrected chi connectivity index (χ4v) is 2.15. The van der Waals surface area contributed by atoms with Gasteiger partial charge in [-0.2, -0.15) is 5.10 Å². The van der Waals surface area contributed by atoms with E-state index in [9.17, 15) is 4.79 Å². The lowest BCUT2D eigenvalue weighted by molar-refractivity contribution is 0.0598. The van der Waals surface area contributed by atoms with E-state index in [-0.39, 0.29) is 0 Å². The topological polar surface area (TPSA) is 69.5 Å². The highest BCUT2D eigenvalue weighted by Crippen LogP contribution is 2.26. The van der Waals surface area contributed by atoms with Gasteiger partial charge in [-0.3, -0.25) is 4.68 Å². The van der Waals surface area contributed by atoms with E-state index in [1.54, 1.807) is 36.4 Å². The van der Waals surface area contributed by atoms with Crippen molar-refractivity contribution < 1.29 is 14.3 Å². The number of amides is 1. The Bertz CT molecular complexity index is 679. The Morgan fingerprint density at radius 1 is 1.33 bits per heavy atom. The number of carbonyl (C=O) groups excluding carboxylic acids is 1. The fourth-order valence-electron chi connectivity index (χ4n) is 1.91. The van der Waals surface area contributed by atoms with E-state index in [1.165, 1.54) is 4.90 Å². The molecule has 8 heteroatoms. The van der Waals surface area contributed by atoms with Gasteiger partial charge in [0.2, 0.25) is 0 Å². The zero-order valence-corrected chi connectivity index (χ0v) is 15.8. The van der Waals surface area contributed by atoms with Crippen LogP contribution in [0.3, 0.4) is 0 Å². The van der Waals surface area contributed by atoms with Gasteiger partial charge >= 0.3 is 6.09 Å². The molecule has 1 amide bonds. The lowest BCUT2D eigenvalue weighted by Gasteiger charge is -2.25. The van der Waals surface area contributed by atoms with Gasteiger partial charge in [0.05, 0.1) is 25.0 Å². The van der Waals surface area contributed by atoms with Gasteiger partial charge in [0.25, 0.3) is 0 Å². The highest BCUT2D eigenvalue weighted by atomic mass is 79.9. The molecule has 2 aromatic heterocycles. The number of anilines is 2. The summed E-state index contributed by atoms with van der Waals surface area (Å²) in [5.41, 5.74) is -0.0355. The van der Waals surface area contributed by atoms with Gasteiger partial charge in [-0.05, 0) is 48.8 Å². The number of aromatic nitrogens is 3. The molecule has 0 bridgehead atoms. The first-order chi connectivity index (χ1) is 11.3. The molecule has 0 aromatic carbocycles. The summed E-state index contributed by atoms with van der Waals surface area (Å²) in [5, 5.41) is 4.25. The van der Waals surface area contributed by atoms with Crippen molar-refractivity contribution in [1.29, 1.82) is 0 Å². The van der Waals surface area contributed by atoms with E-state index in [0.29, 0.717) is 24.7 Å². The van der Waals surface area contributed by atoms with Gasteiger partial charge in [-0.25, -0.2) is 14.7 Å². The van der Waals surface area contributed by atoms with Crippen LogP contribution < -0.4 is 4.90 Å². The number of ether oxygens (including phenoxy) is 2. The second-order valence-corrected chi connectivity index (χ2v) is 7.02. The van der Waals surface area contributed by atoms with Crippen LogP contribution in [0.15, 0.2) is 35.2 Å². The SMILES string of the molecule is COCCn1cc(N(C(=O)OC(C)(C)C)c2ccc(Br)cn2)cn1. The van der Waals surface area contributed by atoms with E-state index in [0.717, 1.165) is 4.47 Å². The highest BCUT2D eigenvalue weighted by Gasteiger charge is 2.26. The maximum atomic E-state index is 12.7. The van der Waals surface area contributed by atoms with E-state index < -0.39 is 11.7 Å². The summed E-state index contributed by atoms with van der Waals surface area (Å²) in [4.78, 5) is 18.3. The van der Waals surface area contributed by atoms with Crippen LogP contribution in [0.25, 0.3) is 0 Å². The Balaban J connectivity index is 2.33. The highest BCUT2D eigenvalue weighted by molar-refractivity contribution is 9.10. The zero-order chi connectivity index (χ0) is 17.7. The van der Waals surface area contributed by atoms with Crippen molar-refractivity contribution in [1.82, 2.24) is 14.8 Å². The van der Waals surface area contributed by atoms with E-state index in [4.69, 9.17) is 9.47 Å². The molecule has 2 heterocycles. The lowest BCUT2D eigenvalue weighted by atomic mass is 10.2. The Kier molecular flexibility index (Phi) is 5.95. The predicted octanol–water partition coefficient (Wildman–Crippen LogP) is 3.76. The van der Waals surface area contributed by atoms with Crippen molar-refractivity contribution in [3.8, 4) is 0 Å². The van der Waals surface area contributed by atoms with Crippen LogP contribution >= 0.6 is 15.9 Å². The van der Waals surface area contributed by atoms with Crippen LogP contribution in [-0.4, -0.2) is 40.2 Å². The maximum absolute atomic E-state index is 12.7. The van der Waals surface area contributed by atoms with Crippen molar-refractivity contribution in [2.75, 3.05) is 18.6 Å². The van der Waals surface area contributed by atoms with E-state index >= 15 is 0 Å². The standard InChI is InChI=1S/C16H21BrN4O3/c1-16(2,3)24-15(22)21(14-6-5-12(17)9-18-14)13-10-19-20(11-13)7-8-23-4/h5-6,9-11H,7-8H2,1-4H3. The van der Waals surface area contributed by atoms with Crippen LogP contribution in [0, 0.1) is 0 Å². The summed E-state index contributed by atoms with van der Waals surface area (Å²) in [7, 11) is 1.63. The van der Waals surface area contributed by atoms with Crippen LogP contribution in [0.4, 0.5) is 16.3 Å². The summed E-state index contributed by atoms with van der Waals surface area (Å²) in [6.45, 7) is 6.58. The minimum absolute atomic E-state index is 0.457. The number of rotatable bonds is 5. The molecule has 2 aromatic rings. The van der Waals surface area contributed by atoms with Gasteiger partial charge in [0.1, 0.15) is 11.4 Å². The first-order valence-electron chi connectivity index (χ1n) is 7.46. The van der Waals surface area contributed by atoms with Gasteiger partial charge < -0.3 is 9.47 Å². The van der Waals surface area contributed by atoms with Crippen molar-refractivity contribution in [3.05, 3.63) is 35.2 Å². The number of carbonyl (C=O) groups is 1. The van der Waals surface area contributed by atoms with Gasteiger partial charge in [0.15, 0.2) is 0 Å². The molecule has 0 N–H and O–H groups in total. The molecule has 0 aliphatic carbocycles. The number of methoxy groups -OCH3 is 1. The number of hydrogen-bond donors (Lipinski definition) is 0. The Morgan fingerprint density at radius 2 is 2.08 bits per heavy atom. The van der Waals surface area contributed by atoms with Crippen LogP contribution in [0.1, 0.15) is 20.8 Å². The van der Waals surface area contributed by atoms with Crippen molar-refractivity contribution >= 4 is 33.5 Å². The second kappa shape index (κ2) is 7.76. The number of nitrogens with zero attached hydrogens (tertiary/aromatic N) is 4. The number of hydrogen-bond acceptors (Lipinski definition) is 5. The fraction of sp³-hybridized carbons (Fsp3) is 0.438. The summed E-state index contributed by atoms with van der Waals surface area (Å²) >= 11 is 3.34. The monoisotopic (exact) mass is 396 g/mol. The minimum atomic E-state index is -0.614. The minimum Gasteiger partial charge on any atom is -0.443 e. The van der Waals surface area contributed by atoms with Crippen LogP contribution in [0.5, 0.6) is 0 Å². The predicted molar refractivity (Wildman–Crippen MR) is 94.4 cm³/mol. The number of pyridine rings is 1. The van der Waals surface area contributed by atoms with Crippen molar-refractivity contribution in [3.63, 3.8) is 0 Å². The third-order valence-electron chi connectivity index (χ3n) is 2.92. The summed E-state index contributed by atoms with van der Waals surface area (Å²) in [5.74, 6) is 0.457. The molecule has 0 unspecified atom stereocenters. The lowest BCUT2D eigenvalue weighted by Crippen LogP contribution is -2.34. The molecule has 2 rings (SSSR count). The molecular weight excluding hydrogens is 376 g/mol. The Morgan fingerprint density at radius 3 is 2.67 bits per heavy atom. The third-order valence-corrected chi connectivity index (χ3v) is 3.39. The molecule has 0 fully saturated rings. The van der Waals surface area contributed by atoms with Crippen LogP contribution in [0.2, 0.25) is 0 Å². The molecule has 0 aliphatic heterocycles. The Labute approximate surface area is 149 Å². The van der Waals surface area contributed by atoms with Gasteiger partial charge in [0, 0.05) is 24.0 Å². The molecule has 0 saturated carbocycles. The third kappa shape index (κ3) is 5.04. The maximum Gasteiger partial charge on any atom is 0.420 e. The normalized spacial score (nSPS) is 11.4. The summed E-state index contributed by atoms with van der Waals surface area (Å²) < 4.78 is 13.1. The van der Waals surface area contributed by atoms with Crippen molar-refractivity contribution in [2.24, 2.45) is 0 Å². The molecular formula is C16H21BrN4O3. The molecule has 0 saturated heterocycles. The number of halogens is 1. The molecule has 130 valence electrons. The molecule has 0 atom stereocenters. The van der Waals surface area contributed by atoms with Crippen molar-refractivity contribution in [2.45, 2.75) is 32.9 Å². The zero-order valence-electron chi connectivity index (χ0n) is 14.2. The van der Waals surface area contributed by atoms with E-state index in [2.05, 4.69) is 26.0 Å². The quantitative estimate of drug-likeness (QED) is 0.769. The smallest absolute Gasteiger partial charge is 0.420 e. The largest absolute Gasteiger partial charge is 0.443 e.